The second-order valence-electron chi connectivity index (χ2n) is 6.66. The number of rotatable bonds is 9. The zero-order valence-electron chi connectivity index (χ0n) is 17.0. The number of hydrogen-bond donors (Lipinski definition) is 2. The van der Waals surface area contributed by atoms with Crippen LogP contribution in [0.25, 0.3) is 0 Å². The molecule has 1 aliphatic heterocycles. The number of thioether (sulfide) groups is 1. The van der Waals surface area contributed by atoms with Crippen molar-refractivity contribution in [2.24, 2.45) is 4.99 Å². The van der Waals surface area contributed by atoms with E-state index in [1.54, 1.807) is 0 Å². The third-order valence-electron chi connectivity index (χ3n) is 4.56. The van der Waals surface area contributed by atoms with Gasteiger partial charge in [-0.05, 0) is 25.6 Å². The first-order valence-corrected chi connectivity index (χ1v) is 10.8. The molecule has 1 aromatic rings. The van der Waals surface area contributed by atoms with Gasteiger partial charge in [0, 0.05) is 56.0 Å². The number of nitrogens with one attached hydrogen (secondary N) is 2. The molecule has 7 heteroatoms. The summed E-state index contributed by atoms with van der Waals surface area (Å²) in [6, 6.07) is 10.6. The average molecular weight is 506 g/mol. The number of aliphatic imine (C=N–C) groups is 1. The topological polar surface area (TPSA) is 42.9 Å². The molecule has 0 amide bonds. The molecule has 2 rings (SSSR count). The van der Waals surface area contributed by atoms with Crippen LogP contribution in [0.15, 0.2) is 40.2 Å². The molecule has 1 aliphatic rings. The molecule has 0 aliphatic carbocycles. The Kier molecular flexibility index (Phi) is 13.2. The molecule has 0 saturated carbocycles. The molecular weight excluding hydrogens is 469 g/mol. The largest absolute Gasteiger partial charge is 0.357 e. The molecule has 27 heavy (non-hydrogen) atoms. The maximum absolute atomic E-state index is 4.76. The Bertz CT molecular complexity index is 520. The summed E-state index contributed by atoms with van der Waals surface area (Å²) in [5, 5.41) is 7.30. The van der Waals surface area contributed by atoms with E-state index < -0.39 is 0 Å². The van der Waals surface area contributed by atoms with E-state index in [-0.39, 0.29) is 24.0 Å². The van der Waals surface area contributed by atoms with Gasteiger partial charge in [0.25, 0.3) is 0 Å². The summed E-state index contributed by atoms with van der Waals surface area (Å²) in [7, 11) is 0. The van der Waals surface area contributed by atoms with E-state index in [1.165, 1.54) is 37.6 Å². The molecule has 0 spiro atoms. The lowest BCUT2D eigenvalue weighted by molar-refractivity contribution is 0.139. The molecule has 2 N–H and O–H groups in total. The van der Waals surface area contributed by atoms with Crippen LogP contribution in [0.5, 0.6) is 0 Å². The molecule has 0 aromatic heterocycles. The van der Waals surface area contributed by atoms with Crippen molar-refractivity contribution < 1.29 is 0 Å². The van der Waals surface area contributed by atoms with Gasteiger partial charge in [-0.3, -0.25) is 9.89 Å². The lowest BCUT2D eigenvalue weighted by Crippen LogP contribution is -2.49. The maximum atomic E-state index is 4.76. The third kappa shape index (κ3) is 10.0. The number of benzene rings is 1. The molecule has 1 aromatic carbocycles. The summed E-state index contributed by atoms with van der Waals surface area (Å²) >= 11 is 1.88. The second kappa shape index (κ2) is 14.5. The monoisotopic (exact) mass is 505 g/mol. The van der Waals surface area contributed by atoms with Crippen LogP contribution < -0.4 is 10.6 Å². The van der Waals surface area contributed by atoms with Crippen LogP contribution >= 0.6 is 35.7 Å². The zero-order valence-corrected chi connectivity index (χ0v) is 20.1. The minimum Gasteiger partial charge on any atom is -0.357 e. The van der Waals surface area contributed by atoms with Crippen molar-refractivity contribution in [3.8, 4) is 0 Å². The number of likely N-dealkylation sites (N-methyl/N-ethyl adjacent to an activating group) is 1. The molecule has 5 nitrogen and oxygen atoms in total. The Balaban J connectivity index is 0.00000364. The van der Waals surface area contributed by atoms with E-state index >= 15 is 0 Å². The smallest absolute Gasteiger partial charge is 0.191 e. The van der Waals surface area contributed by atoms with Crippen molar-refractivity contribution in [1.82, 2.24) is 20.4 Å². The van der Waals surface area contributed by atoms with Crippen LogP contribution in [0.4, 0.5) is 0 Å². The highest BCUT2D eigenvalue weighted by Gasteiger charge is 2.14. The second-order valence-corrected chi connectivity index (χ2v) is 8.18. The van der Waals surface area contributed by atoms with Gasteiger partial charge in [-0.1, -0.05) is 32.0 Å². The van der Waals surface area contributed by atoms with Crippen LogP contribution in [-0.2, 0) is 0 Å². The Morgan fingerprint density at radius 3 is 2.37 bits per heavy atom. The van der Waals surface area contributed by atoms with Crippen molar-refractivity contribution in [3.05, 3.63) is 30.3 Å². The van der Waals surface area contributed by atoms with Crippen LogP contribution in [-0.4, -0.2) is 79.9 Å². The highest BCUT2D eigenvalue weighted by molar-refractivity contribution is 14.0. The Labute approximate surface area is 186 Å². The van der Waals surface area contributed by atoms with E-state index in [0.717, 1.165) is 32.1 Å². The summed E-state index contributed by atoms with van der Waals surface area (Å²) in [4.78, 5) is 11.1. The van der Waals surface area contributed by atoms with Gasteiger partial charge in [0.1, 0.15) is 0 Å². The molecule has 154 valence electrons. The average Bonchev–Trinajstić information content (AvgIpc) is 2.67. The molecule has 1 unspecified atom stereocenters. The van der Waals surface area contributed by atoms with Crippen molar-refractivity contribution in [2.45, 2.75) is 30.9 Å². The lowest BCUT2D eigenvalue weighted by Gasteiger charge is -2.34. The van der Waals surface area contributed by atoms with Crippen molar-refractivity contribution in [2.75, 3.05) is 58.9 Å². The summed E-state index contributed by atoms with van der Waals surface area (Å²) in [6.07, 6.45) is 0. The number of nitrogens with zero attached hydrogens (tertiary/aromatic N) is 3. The first kappa shape index (κ1) is 24.5. The van der Waals surface area contributed by atoms with Gasteiger partial charge in [0.2, 0.25) is 0 Å². The SMILES string of the molecule is CCNC(=NCC(C)Sc1ccccc1)NCCN1CCN(CC)CC1.I. The quantitative estimate of drug-likeness (QED) is 0.234. The fraction of sp³-hybridized carbons (Fsp3) is 0.650. The van der Waals surface area contributed by atoms with E-state index in [9.17, 15) is 0 Å². The summed E-state index contributed by atoms with van der Waals surface area (Å²) in [5.74, 6) is 0.931. The molecule has 0 radical (unpaired) electrons. The third-order valence-corrected chi connectivity index (χ3v) is 5.66. The zero-order chi connectivity index (χ0) is 18.6. The fourth-order valence-corrected chi connectivity index (χ4v) is 3.92. The first-order chi connectivity index (χ1) is 12.7. The summed E-state index contributed by atoms with van der Waals surface area (Å²) in [5.41, 5.74) is 0. The van der Waals surface area contributed by atoms with Gasteiger partial charge >= 0.3 is 0 Å². The molecular formula is C20H36IN5S. The van der Waals surface area contributed by atoms with Gasteiger partial charge in [0.05, 0.1) is 6.54 Å². The van der Waals surface area contributed by atoms with Gasteiger partial charge in [0.15, 0.2) is 5.96 Å². The van der Waals surface area contributed by atoms with E-state index in [2.05, 4.69) is 71.5 Å². The highest BCUT2D eigenvalue weighted by atomic mass is 127. The van der Waals surface area contributed by atoms with Gasteiger partial charge in [-0.15, -0.1) is 35.7 Å². The normalized spacial score (nSPS) is 17.2. The predicted octanol–water partition coefficient (Wildman–Crippen LogP) is 2.98. The Morgan fingerprint density at radius 1 is 1.07 bits per heavy atom. The summed E-state index contributed by atoms with van der Waals surface area (Å²) < 4.78 is 0. The van der Waals surface area contributed by atoms with E-state index in [1.807, 2.05) is 11.8 Å². The number of hydrogen-bond acceptors (Lipinski definition) is 4. The number of piperazine rings is 1. The van der Waals surface area contributed by atoms with Crippen molar-refractivity contribution >= 4 is 41.7 Å². The van der Waals surface area contributed by atoms with E-state index in [4.69, 9.17) is 4.99 Å². The van der Waals surface area contributed by atoms with Crippen LogP contribution in [0.2, 0.25) is 0 Å². The molecule has 0 bridgehead atoms. The van der Waals surface area contributed by atoms with Crippen LogP contribution in [0.3, 0.4) is 0 Å². The predicted molar refractivity (Wildman–Crippen MR) is 130 cm³/mol. The maximum Gasteiger partial charge on any atom is 0.191 e. The van der Waals surface area contributed by atoms with Gasteiger partial charge in [-0.2, -0.15) is 0 Å². The standard InChI is InChI=1S/C20H35N5S.HI/c1-4-21-20(22-11-12-25-15-13-24(5-2)14-16-25)23-17-18(3)26-19-9-7-6-8-10-19;/h6-10,18H,4-5,11-17H2,1-3H3,(H2,21,22,23);1H. The Morgan fingerprint density at radius 2 is 1.74 bits per heavy atom. The molecule has 1 fully saturated rings. The van der Waals surface area contributed by atoms with Crippen LogP contribution in [0, 0.1) is 0 Å². The number of guanidine groups is 1. The molecule has 1 heterocycles. The Hall–Kier alpha value is -0.510. The molecule has 1 atom stereocenters. The minimum atomic E-state index is 0. The van der Waals surface area contributed by atoms with Crippen molar-refractivity contribution in [3.63, 3.8) is 0 Å². The van der Waals surface area contributed by atoms with Crippen LogP contribution in [0.1, 0.15) is 20.8 Å². The number of halogens is 1. The fourth-order valence-electron chi connectivity index (χ4n) is 2.99. The first-order valence-electron chi connectivity index (χ1n) is 9.89. The minimum absolute atomic E-state index is 0. The van der Waals surface area contributed by atoms with E-state index in [0.29, 0.717) is 5.25 Å². The molecule has 1 saturated heterocycles. The van der Waals surface area contributed by atoms with Gasteiger partial charge < -0.3 is 15.5 Å². The van der Waals surface area contributed by atoms with Gasteiger partial charge in [-0.25, -0.2) is 0 Å². The summed E-state index contributed by atoms with van der Waals surface area (Å²) in [6.45, 7) is 16.2. The highest BCUT2D eigenvalue weighted by Crippen LogP contribution is 2.22. The van der Waals surface area contributed by atoms with Crippen molar-refractivity contribution in [1.29, 1.82) is 0 Å². The lowest BCUT2D eigenvalue weighted by atomic mass is 10.3.